The number of nitrogens with one attached hydrogen (secondary N) is 1. The van der Waals surface area contributed by atoms with Crippen LogP contribution < -0.4 is 5.32 Å². The summed E-state index contributed by atoms with van der Waals surface area (Å²) in [5, 5.41) is 13.8. The molecule has 2 fully saturated rings. The van der Waals surface area contributed by atoms with Crippen molar-refractivity contribution >= 4 is 28.7 Å². The van der Waals surface area contributed by atoms with Gasteiger partial charge in [-0.05, 0) is 35.1 Å². The number of Topliss-reactive ketones (excluding diaryl/α,β-unsaturated/α-hetero) is 1. The SMILES string of the molecule is CCC12C(=O)C(CC)(C(c3ccccc3)=C1c1ccccc1)C1C(=O)N(CC(O)CNC(C)C)C(=O)C12. The molecule has 2 amide bonds. The Labute approximate surface area is 218 Å². The number of carbonyl (C=O) groups is 3. The molecule has 0 spiro atoms. The van der Waals surface area contributed by atoms with Crippen LogP contribution in [-0.2, 0) is 14.4 Å². The Morgan fingerprint density at radius 3 is 1.62 bits per heavy atom. The zero-order valence-electron chi connectivity index (χ0n) is 22.0. The van der Waals surface area contributed by atoms with Gasteiger partial charge in [-0.1, -0.05) is 88.4 Å². The summed E-state index contributed by atoms with van der Waals surface area (Å²) in [5.74, 6) is -2.17. The first-order valence-corrected chi connectivity index (χ1v) is 13.4. The number of rotatable bonds is 9. The second-order valence-electron chi connectivity index (χ2n) is 10.9. The van der Waals surface area contributed by atoms with Crippen molar-refractivity contribution in [3.63, 3.8) is 0 Å². The minimum atomic E-state index is -1.09. The molecule has 5 atom stereocenters. The lowest BCUT2D eigenvalue weighted by molar-refractivity contribution is -0.146. The van der Waals surface area contributed by atoms with Crippen molar-refractivity contribution < 1.29 is 19.5 Å². The molecule has 2 bridgehead atoms. The van der Waals surface area contributed by atoms with E-state index in [2.05, 4.69) is 5.32 Å². The molecule has 1 aliphatic heterocycles. The molecule has 194 valence electrons. The first-order chi connectivity index (χ1) is 17.8. The number of allylic oxidation sites excluding steroid dienone is 2. The van der Waals surface area contributed by atoms with E-state index in [1.807, 2.05) is 88.4 Å². The van der Waals surface area contributed by atoms with Crippen LogP contribution in [-0.4, -0.2) is 52.8 Å². The lowest BCUT2D eigenvalue weighted by Gasteiger charge is -2.38. The van der Waals surface area contributed by atoms with E-state index in [0.717, 1.165) is 22.3 Å². The normalized spacial score (nSPS) is 29.6. The van der Waals surface area contributed by atoms with Gasteiger partial charge in [-0.3, -0.25) is 19.3 Å². The third kappa shape index (κ3) is 3.42. The van der Waals surface area contributed by atoms with Crippen molar-refractivity contribution in [2.24, 2.45) is 22.7 Å². The summed E-state index contributed by atoms with van der Waals surface area (Å²) < 4.78 is 0. The van der Waals surface area contributed by atoms with Crippen molar-refractivity contribution in [1.82, 2.24) is 10.2 Å². The quantitative estimate of drug-likeness (QED) is 0.509. The van der Waals surface area contributed by atoms with E-state index < -0.39 is 28.8 Å². The summed E-state index contributed by atoms with van der Waals surface area (Å²) in [7, 11) is 0. The first kappa shape index (κ1) is 25.6. The Balaban J connectivity index is 1.70. The molecule has 1 saturated heterocycles. The molecule has 2 N–H and O–H groups in total. The lowest BCUT2D eigenvalue weighted by atomic mass is 9.60. The van der Waals surface area contributed by atoms with Crippen LogP contribution in [0.2, 0.25) is 0 Å². The topological polar surface area (TPSA) is 86.7 Å². The summed E-state index contributed by atoms with van der Waals surface area (Å²) in [6.07, 6.45) is -0.0213. The summed E-state index contributed by atoms with van der Waals surface area (Å²) in [6, 6.07) is 19.9. The second-order valence-corrected chi connectivity index (χ2v) is 10.9. The molecule has 2 aromatic carbocycles. The number of β-amino-alcohol motifs (C(OH)–C–C–N with tert-alkyl or cyclic N) is 1. The van der Waals surface area contributed by atoms with Crippen LogP contribution in [0.1, 0.15) is 51.7 Å². The highest BCUT2D eigenvalue weighted by Crippen LogP contribution is 2.75. The standard InChI is InChI=1S/C31H36N2O4/c1-5-30-23(20-13-9-7-10-14-20)24(21-15-11-8-12-16-21)31(6-2,29(30)37)26-25(30)27(35)33(28(26)36)18-22(34)17-32-19(3)4/h7-16,19,22,25-26,32,34H,5-6,17-18H2,1-4H3. The zero-order valence-corrected chi connectivity index (χ0v) is 22.0. The highest BCUT2D eigenvalue weighted by Gasteiger charge is 2.80. The molecule has 5 unspecified atom stereocenters. The number of likely N-dealkylation sites (tertiary alicyclic amines) is 1. The fourth-order valence-corrected chi connectivity index (χ4v) is 7.34. The van der Waals surface area contributed by atoms with Gasteiger partial charge in [0.2, 0.25) is 11.8 Å². The minimum absolute atomic E-state index is 0.000999. The third-order valence-electron chi connectivity index (χ3n) is 8.81. The molecule has 6 heteroatoms. The number of aliphatic hydroxyl groups excluding tert-OH is 1. The Hall–Kier alpha value is -3.09. The van der Waals surface area contributed by atoms with E-state index in [0.29, 0.717) is 12.8 Å². The van der Waals surface area contributed by atoms with E-state index in [-0.39, 0.29) is 36.7 Å². The number of aliphatic hydroxyl groups is 1. The van der Waals surface area contributed by atoms with Gasteiger partial charge in [0.1, 0.15) is 0 Å². The number of benzene rings is 2. The van der Waals surface area contributed by atoms with Gasteiger partial charge in [-0.25, -0.2) is 0 Å². The number of hydrogen-bond acceptors (Lipinski definition) is 5. The summed E-state index contributed by atoms with van der Waals surface area (Å²) >= 11 is 0. The predicted octanol–water partition coefficient (Wildman–Crippen LogP) is 3.95. The molecular formula is C31H36N2O4. The Morgan fingerprint density at radius 2 is 1.24 bits per heavy atom. The number of amides is 2. The number of hydrogen-bond donors (Lipinski definition) is 2. The molecule has 3 aliphatic rings. The van der Waals surface area contributed by atoms with Gasteiger partial charge in [0.15, 0.2) is 5.78 Å². The number of fused-ring (bicyclic) bond motifs is 5. The monoisotopic (exact) mass is 500 g/mol. The molecule has 5 rings (SSSR count). The van der Waals surface area contributed by atoms with Crippen molar-refractivity contribution in [3.8, 4) is 0 Å². The van der Waals surface area contributed by atoms with E-state index >= 15 is 0 Å². The Morgan fingerprint density at radius 1 is 0.811 bits per heavy atom. The highest BCUT2D eigenvalue weighted by atomic mass is 16.3. The maximum absolute atomic E-state index is 14.6. The molecule has 0 aromatic heterocycles. The first-order valence-electron chi connectivity index (χ1n) is 13.4. The van der Waals surface area contributed by atoms with Crippen LogP contribution in [0.3, 0.4) is 0 Å². The van der Waals surface area contributed by atoms with Gasteiger partial charge >= 0.3 is 0 Å². The van der Waals surface area contributed by atoms with Crippen LogP contribution in [0.4, 0.5) is 0 Å². The molecule has 2 aliphatic carbocycles. The number of carbonyl (C=O) groups excluding carboxylic acids is 3. The fourth-order valence-electron chi connectivity index (χ4n) is 7.34. The smallest absolute Gasteiger partial charge is 0.234 e. The maximum Gasteiger partial charge on any atom is 0.234 e. The van der Waals surface area contributed by atoms with E-state index in [1.165, 1.54) is 4.90 Å². The van der Waals surface area contributed by atoms with Crippen LogP contribution in [0.25, 0.3) is 11.1 Å². The predicted molar refractivity (Wildman–Crippen MR) is 143 cm³/mol. The van der Waals surface area contributed by atoms with E-state index in [4.69, 9.17) is 0 Å². The van der Waals surface area contributed by atoms with Crippen LogP contribution >= 0.6 is 0 Å². The van der Waals surface area contributed by atoms with Crippen molar-refractivity contribution in [2.75, 3.05) is 13.1 Å². The average Bonchev–Trinajstić information content (AvgIpc) is 3.40. The van der Waals surface area contributed by atoms with Crippen molar-refractivity contribution in [2.45, 2.75) is 52.7 Å². The number of imide groups is 1. The van der Waals surface area contributed by atoms with Gasteiger partial charge < -0.3 is 10.4 Å². The minimum Gasteiger partial charge on any atom is -0.390 e. The summed E-state index contributed by atoms with van der Waals surface area (Å²) in [4.78, 5) is 44.0. The van der Waals surface area contributed by atoms with Gasteiger partial charge in [-0.2, -0.15) is 0 Å². The average molecular weight is 501 g/mol. The fraction of sp³-hybridized carbons (Fsp3) is 0.452. The van der Waals surface area contributed by atoms with E-state index in [9.17, 15) is 19.5 Å². The summed E-state index contributed by atoms with van der Waals surface area (Å²) in [5.41, 5.74) is 1.45. The third-order valence-corrected chi connectivity index (χ3v) is 8.81. The Bertz CT molecular complexity index is 1170. The van der Waals surface area contributed by atoms with Crippen molar-refractivity contribution in [1.29, 1.82) is 0 Å². The van der Waals surface area contributed by atoms with Crippen LogP contribution in [0.5, 0.6) is 0 Å². The molecule has 1 heterocycles. The molecule has 37 heavy (non-hydrogen) atoms. The second kappa shape index (κ2) is 9.34. The van der Waals surface area contributed by atoms with Crippen molar-refractivity contribution in [3.05, 3.63) is 71.8 Å². The van der Waals surface area contributed by atoms with Gasteiger partial charge in [0, 0.05) is 12.6 Å². The van der Waals surface area contributed by atoms with Gasteiger partial charge in [-0.15, -0.1) is 0 Å². The molecule has 2 aromatic rings. The Kier molecular flexibility index (Phi) is 6.45. The zero-order chi connectivity index (χ0) is 26.5. The number of ketones is 1. The summed E-state index contributed by atoms with van der Waals surface area (Å²) in [6.45, 7) is 8.08. The van der Waals surface area contributed by atoms with Crippen LogP contribution in [0.15, 0.2) is 60.7 Å². The molecule has 0 radical (unpaired) electrons. The van der Waals surface area contributed by atoms with Gasteiger partial charge in [0.25, 0.3) is 0 Å². The molecule has 6 nitrogen and oxygen atoms in total. The van der Waals surface area contributed by atoms with Gasteiger partial charge in [0.05, 0.1) is 35.3 Å². The van der Waals surface area contributed by atoms with Crippen LogP contribution in [0, 0.1) is 22.7 Å². The molecular weight excluding hydrogens is 464 g/mol. The van der Waals surface area contributed by atoms with E-state index in [1.54, 1.807) is 0 Å². The molecule has 1 saturated carbocycles. The number of nitrogens with zero attached hydrogens (tertiary/aromatic N) is 1. The largest absolute Gasteiger partial charge is 0.390 e. The lowest BCUT2D eigenvalue weighted by Crippen LogP contribution is -2.46. The maximum atomic E-state index is 14.6. The highest BCUT2D eigenvalue weighted by molar-refractivity contribution is 6.29.